The number of anilines is 1. The summed E-state index contributed by atoms with van der Waals surface area (Å²) in [5, 5.41) is 14.0. The SMILES string of the molecule is COCC(NC(=O)Nc1cc(I)ccc1Cl)C(=O)O. The quantitative estimate of drug-likeness (QED) is 0.663. The fourth-order valence-corrected chi connectivity index (χ4v) is 1.91. The number of urea groups is 1. The van der Waals surface area contributed by atoms with Gasteiger partial charge in [0.25, 0.3) is 0 Å². The van der Waals surface area contributed by atoms with E-state index in [1.54, 1.807) is 18.2 Å². The van der Waals surface area contributed by atoms with Crippen LogP contribution in [0.3, 0.4) is 0 Å². The van der Waals surface area contributed by atoms with E-state index < -0.39 is 18.0 Å². The Kier molecular flexibility index (Phi) is 6.32. The van der Waals surface area contributed by atoms with Crippen LogP contribution in [-0.2, 0) is 9.53 Å². The smallest absolute Gasteiger partial charge is 0.328 e. The number of halogens is 2. The molecule has 1 aromatic carbocycles. The van der Waals surface area contributed by atoms with Gasteiger partial charge in [-0.05, 0) is 40.8 Å². The summed E-state index contributed by atoms with van der Waals surface area (Å²) in [5.74, 6) is -1.18. The summed E-state index contributed by atoms with van der Waals surface area (Å²) >= 11 is 7.99. The lowest BCUT2D eigenvalue weighted by Gasteiger charge is -2.14. The first-order valence-corrected chi connectivity index (χ1v) is 6.64. The second-order valence-corrected chi connectivity index (χ2v) is 5.22. The fraction of sp³-hybridized carbons (Fsp3) is 0.273. The standard InChI is InChI=1S/C11H12ClIN2O4/c1-19-5-9(10(16)17)15-11(18)14-8-4-6(13)2-3-7(8)12/h2-4,9H,5H2,1H3,(H,16,17)(H2,14,15,18). The third-order valence-electron chi connectivity index (χ3n) is 2.11. The van der Waals surface area contributed by atoms with Crippen LogP contribution in [0.2, 0.25) is 5.02 Å². The maximum Gasteiger partial charge on any atom is 0.328 e. The van der Waals surface area contributed by atoms with Crippen molar-refractivity contribution in [3.05, 3.63) is 26.8 Å². The predicted octanol–water partition coefficient (Wildman–Crippen LogP) is 2.17. The van der Waals surface area contributed by atoms with Crippen molar-refractivity contribution in [3.8, 4) is 0 Å². The van der Waals surface area contributed by atoms with Crippen LogP contribution in [0.25, 0.3) is 0 Å². The molecule has 2 amide bonds. The third kappa shape index (κ3) is 5.21. The molecule has 1 atom stereocenters. The summed E-state index contributed by atoms with van der Waals surface area (Å²) in [6, 6.07) is 3.33. The minimum absolute atomic E-state index is 0.122. The van der Waals surface area contributed by atoms with E-state index in [2.05, 4.69) is 33.2 Å². The molecule has 1 rings (SSSR count). The molecule has 0 saturated carbocycles. The first-order chi connectivity index (χ1) is 8.93. The second kappa shape index (κ2) is 7.51. The van der Waals surface area contributed by atoms with Crippen LogP contribution in [-0.4, -0.2) is 36.9 Å². The van der Waals surface area contributed by atoms with Crippen molar-refractivity contribution in [2.45, 2.75) is 6.04 Å². The largest absolute Gasteiger partial charge is 0.480 e. The molecule has 0 spiro atoms. The van der Waals surface area contributed by atoms with Crippen molar-refractivity contribution in [2.24, 2.45) is 0 Å². The minimum atomic E-state index is -1.18. The number of benzene rings is 1. The molecular formula is C11H12ClIN2O4. The van der Waals surface area contributed by atoms with Crippen molar-refractivity contribution in [1.29, 1.82) is 0 Å². The Labute approximate surface area is 128 Å². The van der Waals surface area contributed by atoms with Crippen molar-refractivity contribution in [1.82, 2.24) is 5.32 Å². The lowest BCUT2D eigenvalue weighted by Crippen LogP contribution is -2.45. The fourth-order valence-electron chi connectivity index (χ4n) is 1.25. The van der Waals surface area contributed by atoms with Gasteiger partial charge >= 0.3 is 12.0 Å². The second-order valence-electron chi connectivity index (χ2n) is 3.57. The van der Waals surface area contributed by atoms with Crippen LogP contribution in [0.4, 0.5) is 10.5 Å². The van der Waals surface area contributed by atoms with Crippen LogP contribution in [0.1, 0.15) is 0 Å². The van der Waals surface area contributed by atoms with Crippen molar-refractivity contribution >= 4 is 51.9 Å². The number of methoxy groups -OCH3 is 1. The van der Waals surface area contributed by atoms with E-state index in [9.17, 15) is 9.59 Å². The van der Waals surface area contributed by atoms with Crippen LogP contribution >= 0.6 is 34.2 Å². The zero-order valence-corrected chi connectivity index (χ0v) is 12.9. The van der Waals surface area contributed by atoms with Gasteiger partial charge in [-0.1, -0.05) is 11.6 Å². The molecule has 0 bridgehead atoms. The molecule has 0 heterocycles. The number of carboxylic acid groups (broad SMARTS) is 1. The van der Waals surface area contributed by atoms with Gasteiger partial charge in [-0.2, -0.15) is 0 Å². The zero-order chi connectivity index (χ0) is 14.4. The van der Waals surface area contributed by atoms with E-state index >= 15 is 0 Å². The molecule has 0 saturated heterocycles. The number of carbonyl (C=O) groups is 2. The molecule has 1 aromatic rings. The van der Waals surface area contributed by atoms with Gasteiger partial charge in [-0.25, -0.2) is 9.59 Å². The van der Waals surface area contributed by atoms with E-state index in [0.717, 1.165) is 3.57 Å². The van der Waals surface area contributed by atoms with E-state index in [1.165, 1.54) is 7.11 Å². The van der Waals surface area contributed by atoms with E-state index in [1.807, 2.05) is 0 Å². The summed E-state index contributed by atoms with van der Waals surface area (Å²) in [5.41, 5.74) is 0.410. The number of carbonyl (C=O) groups excluding carboxylic acids is 1. The molecule has 0 aliphatic carbocycles. The van der Waals surface area contributed by atoms with E-state index in [0.29, 0.717) is 10.7 Å². The number of amides is 2. The predicted molar refractivity (Wildman–Crippen MR) is 79.6 cm³/mol. The Bertz CT molecular complexity index is 484. The summed E-state index contributed by atoms with van der Waals surface area (Å²) in [6.07, 6.45) is 0. The number of aliphatic carboxylic acids is 1. The Morgan fingerprint density at radius 3 is 2.79 bits per heavy atom. The molecule has 0 aliphatic heterocycles. The molecule has 3 N–H and O–H groups in total. The monoisotopic (exact) mass is 398 g/mol. The molecule has 6 nitrogen and oxygen atoms in total. The number of hydrogen-bond donors (Lipinski definition) is 3. The van der Waals surface area contributed by atoms with Gasteiger partial charge in [-0.3, -0.25) is 0 Å². The summed E-state index contributed by atoms with van der Waals surface area (Å²) < 4.78 is 5.60. The number of nitrogens with one attached hydrogen (secondary N) is 2. The van der Waals surface area contributed by atoms with Crippen LogP contribution in [0.15, 0.2) is 18.2 Å². The first-order valence-electron chi connectivity index (χ1n) is 5.18. The highest BCUT2D eigenvalue weighted by molar-refractivity contribution is 14.1. The molecule has 8 heteroatoms. The molecule has 1 unspecified atom stereocenters. The van der Waals surface area contributed by atoms with Crippen molar-refractivity contribution in [3.63, 3.8) is 0 Å². The zero-order valence-electron chi connectivity index (χ0n) is 9.94. The molecular weight excluding hydrogens is 386 g/mol. The molecule has 19 heavy (non-hydrogen) atoms. The Morgan fingerprint density at radius 2 is 2.21 bits per heavy atom. The summed E-state index contributed by atoms with van der Waals surface area (Å²) in [6.45, 7) is -0.122. The van der Waals surface area contributed by atoms with Gasteiger partial charge in [0.05, 0.1) is 17.3 Å². The van der Waals surface area contributed by atoms with Gasteiger partial charge in [0.2, 0.25) is 0 Å². The van der Waals surface area contributed by atoms with Crippen LogP contribution < -0.4 is 10.6 Å². The maximum absolute atomic E-state index is 11.7. The van der Waals surface area contributed by atoms with E-state index in [-0.39, 0.29) is 6.61 Å². The summed E-state index contributed by atoms with van der Waals surface area (Å²) in [7, 11) is 1.35. The highest BCUT2D eigenvalue weighted by atomic mass is 127. The summed E-state index contributed by atoms with van der Waals surface area (Å²) in [4.78, 5) is 22.5. The Hall–Kier alpha value is -1.06. The Balaban J connectivity index is 2.68. The van der Waals surface area contributed by atoms with Gasteiger partial charge in [-0.15, -0.1) is 0 Å². The van der Waals surface area contributed by atoms with Gasteiger partial charge in [0.1, 0.15) is 0 Å². The number of carboxylic acids is 1. The Morgan fingerprint density at radius 1 is 1.53 bits per heavy atom. The minimum Gasteiger partial charge on any atom is -0.480 e. The number of rotatable bonds is 5. The number of hydrogen-bond acceptors (Lipinski definition) is 3. The normalized spacial score (nSPS) is 11.7. The highest BCUT2D eigenvalue weighted by Crippen LogP contribution is 2.23. The van der Waals surface area contributed by atoms with Gasteiger partial charge in [0, 0.05) is 10.7 Å². The third-order valence-corrected chi connectivity index (χ3v) is 3.11. The van der Waals surface area contributed by atoms with Crippen LogP contribution in [0, 0.1) is 3.57 Å². The molecule has 0 radical (unpaired) electrons. The molecule has 0 aromatic heterocycles. The average molecular weight is 399 g/mol. The topological polar surface area (TPSA) is 87.7 Å². The van der Waals surface area contributed by atoms with E-state index in [4.69, 9.17) is 21.4 Å². The lowest BCUT2D eigenvalue weighted by molar-refractivity contribution is -0.140. The first kappa shape index (κ1) is 16.0. The van der Waals surface area contributed by atoms with Gasteiger partial charge < -0.3 is 20.5 Å². The van der Waals surface area contributed by atoms with Gasteiger partial charge in [0.15, 0.2) is 6.04 Å². The average Bonchev–Trinajstić information content (AvgIpc) is 2.33. The highest BCUT2D eigenvalue weighted by Gasteiger charge is 2.19. The van der Waals surface area contributed by atoms with Crippen LogP contribution in [0.5, 0.6) is 0 Å². The number of ether oxygens (including phenoxy) is 1. The van der Waals surface area contributed by atoms with Crippen molar-refractivity contribution in [2.75, 3.05) is 19.0 Å². The molecule has 0 fully saturated rings. The maximum atomic E-state index is 11.7. The molecule has 104 valence electrons. The lowest BCUT2D eigenvalue weighted by atomic mass is 10.3. The van der Waals surface area contributed by atoms with Crippen molar-refractivity contribution < 1.29 is 19.4 Å². The molecule has 0 aliphatic rings.